The molecule has 0 amide bonds. The van der Waals surface area contributed by atoms with Crippen molar-refractivity contribution in [3.63, 3.8) is 0 Å². The minimum absolute atomic E-state index is 0.572. The molecule has 1 aromatic rings. The molecule has 1 atom stereocenters. The number of aliphatic imine (C=N–C) groups is 1. The molecule has 0 saturated carbocycles. The molecule has 1 aromatic carbocycles. The van der Waals surface area contributed by atoms with Crippen molar-refractivity contribution in [2.75, 3.05) is 32.7 Å². The average molecular weight is 372 g/mol. The number of hydrogen-bond acceptors (Lipinski definition) is 3. The normalized spacial score (nSPS) is 22.7. The minimum atomic E-state index is 0.572. The van der Waals surface area contributed by atoms with E-state index in [2.05, 4.69) is 51.3 Å². The Kier molecular flexibility index (Phi) is 7.96. The Bertz CT molecular complexity index is 592. The van der Waals surface area contributed by atoms with Crippen LogP contribution in [0.15, 0.2) is 29.3 Å². The Labute approximate surface area is 165 Å². The van der Waals surface area contributed by atoms with E-state index < -0.39 is 0 Å². The summed E-state index contributed by atoms with van der Waals surface area (Å²) in [6.07, 6.45) is 7.95. The molecule has 0 spiro atoms. The van der Waals surface area contributed by atoms with Crippen LogP contribution >= 0.6 is 0 Å². The monoisotopic (exact) mass is 371 g/mol. The predicted octanol–water partition coefficient (Wildman–Crippen LogP) is 2.95. The van der Waals surface area contributed by atoms with Crippen molar-refractivity contribution in [3.05, 3.63) is 35.4 Å². The second-order valence-corrected chi connectivity index (χ2v) is 7.97. The lowest BCUT2D eigenvalue weighted by Crippen LogP contribution is -2.42. The van der Waals surface area contributed by atoms with Crippen LogP contribution in [0.3, 0.4) is 0 Å². The molecule has 2 aliphatic heterocycles. The number of guanidine groups is 1. The third kappa shape index (κ3) is 6.22. The van der Waals surface area contributed by atoms with Crippen LogP contribution in [-0.2, 0) is 13.1 Å². The van der Waals surface area contributed by atoms with Gasteiger partial charge in [0.25, 0.3) is 0 Å². The van der Waals surface area contributed by atoms with Crippen molar-refractivity contribution >= 4 is 5.96 Å². The molecular weight excluding hydrogens is 334 g/mol. The van der Waals surface area contributed by atoms with Crippen LogP contribution in [0.5, 0.6) is 0 Å². The number of nitrogens with two attached hydrogens (primary N) is 1. The lowest BCUT2D eigenvalue weighted by molar-refractivity contribution is 0.267. The number of rotatable bonds is 7. The molecule has 0 bridgehead atoms. The maximum atomic E-state index is 6.15. The molecule has 3 N–H and O–H groups in total. The molecule has 2 heterocycles. The summed E-state index contributed by atoms with van der Waals surface area (Å²) in [6, 6.07) is 9.29. The molecular formula is C22H37N5. The lowest BCUT2D eigenvalue weighted by Gasteiger charge is -2.23. The van der Waals surface area contributed by atoms with Gasteiger partial charge in [0.15, 0.2) is 5.96 Å². The van der Waals surface area contributed by atoms with Crippen molar-refractivity contribution in [3.8, 4) is 0 Å². The maximum absolute atomic E-state index is 6.15. The first kappa shape index (κ1) is 20.2. The summed E-state index contributed by atoms with van der Waals surface area (Å²) in [5.74, 6) is 0.572. The number of nitrogens with one attached hydrogen (secondary N) is 1. The molecule has 150 valence electrons. The highest BCUT2D eigenvalue weighted by Gasteiger charge is 2.22. The Morgan fingerprint density at radius 1 is 1.07 bits per heavy atom. The SMILES string of the molecule is CCN1CCCC1CNC(N)=NCc1ccccc1CN1CCCCCC1. The van der Waals surface area contributed by atoms with Crippen LogP contribution < -0.4 is 11.1 Å². The topological polar surface area (TPSA) is 56.9 Å². The maximum Gasteiger partial charge on any atom is 0.188 e. The van der Waals surface area contributed by atoms with Crippen molar-refractivity contribution in [2.24, 2.45) is 10.7 Å². The molecule has 0 radical (unpaired) electrons. The van der Waals surface area contributed by atoms with Crippen molar-refractivity contribution in [1.29, 1.82) is 0 Å². The van der Waals surface area contributed by atoms with E-state index >= 15 is 0 Å². The van der Waals surface area contributed by atoms with Gasteiger partial charge in [0.1, 0.15) is 0 Å². The summed E-state index contributed by atoms with van der Waals surface area (Å²) in [5.41, 5.74) is 8.84. The van der Waals surface area contributed by atoms with Crippen LogP contribution in [0.4, 0.5) is 0 Å². The van der Waals surface area contributed by atoms with E-state index in [0.29, 0.717) is 18.5 Å². The van der Waals surface area contributed by atoms with Crippen molar-refractivity contribution in [2.45, 2.75) is 64.6 Å². The molecule has 5 nitrogen and oxygen atoms in total. The summed E-state index contributed by atoms with van der Waals surface area (Å²) in [7, 11) is 0. The van der Waals surface area contributed by atoms with E-state index in [-0.39, 0.29) is 0 Å². The third-order valence-electron chi connectivity index (χ3n) is 6.05. The summed E-state index contributed by atoms with van der Waals surface area (Å²) in [6.45, 7) is 9.59. The third-order valence-corrected chi connectivity index (χ3v) is 6.05. The Morgan fingerprint density at radius 2 is 1.81 bits per heavy atom. The van der Waals surface area contributed by atoms with Gasteiger partial charge in [0.05, 0.1) is 6.54 Å². The molecule has 0 aliphatic carbocycles. The standard InChI is InChI=1S/C22H37N5/c1-2-27-15-9-12-21(27)17-25-22(23)24-16-19-10-5-6-11-20(19)18-26-13-7-3-4-8-14-26/h5-6,10-11,21H,2-4,7-9,12-18H2,1H3,(H3,23,24,25). The van der Waals surface area contributed by atoms with E-state index in [1.165, 1.54) is 69.3 Å². The highest BCUT2D eigenvalue weighted by molar-refractivity contribution is 5.77. The van der Waals surface area contributed by atoms with E-state index in [9.17, 15) is 0 Å². The number of likely N-dealkylation sites (N-methyl/N-ethyl adjacent to an activating group) is 1. The minimum Gasteiger partial charge on any atom is -0.370 e. The van der Waals surface area contributed by atoms with Gasteiger partial charge in [-0.3, -0.25) is 9.80 Å². The Hall–Kier alpha value is -1.59. The number of likely N-dealkylation sites (tertiary alicyclic amines) is 2. The van der Waals surface area contributed by atoms with Crippen LogP contribution in [0.2, 0.25) is 0 Å². The zero-order valence-corrected chi connectivity index (χ0v) is 17.0. The molecule has 0 aromatic heterocycles. The quantitative estimate of drug-likeness (QED) is 0.571. The smallest absolute Gasteiger partial charge is 0.188 e. The Morgan fingerprint density at radius 3 is 2.56 bits per heavy atom. The fourth-order valence-corrected chi connectivity index (χ4v) is 4.39. The van der Waals surface area contributed by atoms with Crippen LogP contribution in [0.25, 0.3) is 0 Å². The number of benzene rings is 1. The van der Waals surface area contributed by atoms with Gasteiger partial charge in [0.2, 0.25) is 0 Å². The zero-order valence-electron chi connectivity index (χ0n) is 17.0. The van der Waals surface area contributed by atoms with Gasteiger partial charge in [-0.05, 0) is 63.0 Å². The lowest BCUT2D eigenvalue weighted by atomic mass is 10.1. The van der Waals surface area contributed by atoms with Gasteiger partial charge in [-0.1, -0.05) is 44.0 Å². The molecule has 3 rings (SSSR count). The molecule has 27 heavy (non-hydrogen) atoms. The summed E-state index contributed by atoms with van der Waals surface area (Å²) >= 11 is 0. The van der Waals surface area contributed by atoms with Crippen LogP contribution in [0, 0.1) is 0 Å². The predicted molar refractivity (Wildman–Crippen MR) is 114 cm³/mol. The van der Waals surface area contributed by atoms with Crippen LogP contribution in [-0.4, -0.2) is 54.5 Å². The first-order valence-corrected chi connectivity index (χ1v) is 10.8. The van der Waals surface area contributed by atoms with E-state index in [0.717, 1.165) is 19.6 Å². The van der Waals surface area contributed by atoms with Gasteiger partial charge in [-0.15, -0.1) is 0 Å². The highest BCUT2D eigenvalue weighted by Crippen LogP contribution is 2.17. The molecule has 2 aliphatic rings. The zero-order chi connectivity index (χ0) is 18.9. The summed E-state index contributed by atoms with van der Waals surface area (Å²) in [4.78, 5) is 9.74. The fraction of sp³-hybridized carbons (Fsp3) is 0.682. The number of hydrogen-bond donors (Lipinski definition) is 2. The molecule has 5 heteroatoms. The first-order valence-electron chi connectivity index (χ1n) is 10.8. The molecule has 2 fully saturated rings. The largest absolute Gasteiger partial charge is 0.370 e. The first-order chi connectivity index (χ1) is 13.3. The summed E-state index contributed by atoms with van der Waals surface area (Å²) in [5, 5.41) is 3.34. The molecule has 2 saturated heterocycles. The average Bonchev–Trinajstić information content (AvgIpc) is 3.00. The van der Waals surface area contributed by atoms with E-state index in [4.69, 9.17) is 5.73 Å². The van der Waals surface area contributed by atoms with E-state index in [1.807, 2.05) is 0 Å². The van der Waals surface area contributed by atoms with Crippen molar-refractivity contribution in [1.82, 2.24) is 15.1 Å². The van der Waals surface area contributed by atoms with Gasteiger partial charge in [0, 0.05) is 19.1 Å². The highest BCUT2D eigenvalue weighted by atomic mass is 15.2. The summed E-state index contributed by atoms with van der Waals surface area (Å²) < 4.78 is 0. The van der Waals surface area contributed by atoms with E-state index in [1.54, 1.807) is 0 Å². The Balaban J connectivity index is 1.52. The fourth-order valence-electron chi connectivity index (χ4n) is 4.39. The van der Waals surface area contributed by atoms with Gasteiger partial charge >= 0.3 is 0 Å². The van der Waals surface area contributed by atoms with Crippen LogP contribution in [0.1, 0.15) is 56.6 Å². The van der Waals surface area contributed by atoms with Gasteiger partial charge < -0.3 is 11.1 Å². The number of nitrogens with zero attached hydrogens (tertiary/aromatic N) is 3. The molecule has 1 unspecified atom stereocenters. The van der Waals surface area contributed by atoms with Gasteiger partial charge in [-0.2, -0.15) is 0 Å². The second kappa shape index (κ2) is 10.7. The van der Waals surface area contributed by atoms with Gasteiger partial charge in [-0.25, -0.2) is 4.99 Å². The second-order valence-electron chi connectivity index (χ2n) is 7.97. The van der Waals surface area contributed by atoms with Crippen molar-refractivity contribution < 1.29 is 0 Å².